The highest BCUT2D eigenvalue weighted by molar-refractivity contribution is 6.35. The highest BCUT2D eigenvalue weighted by Gasteiger charge is 2.24. The SMILES string of the molecule is O=C(NC1CCN(C(=O)COc2ccc(Cl)cc2Cl)CC1)c1cccc(F)c1. The molecule has 1 heterocycles. The van der Waals surface area contributed by atoms with Gasteiger partial charge in [0.2, 0.25) is 0 Å². The minimum Gasteiger partial charge on any atom is -0.482 e. The molecular formula is C20H19Cl2FN2O3. The lowest BCUT2D eigenvalue weighted by Crippen LogP contribution is -2.47. The van der Waals surface area contributed by atoms with E-state index in [1.165, 1.54) is 18.2 Å². The lowest BCUT2D eigenvalue weighted by Gasteiger charge is -2.32. The Kier molecular flexibility index (Phi) is 6.75. The highest BCUT2D eigenvalue weighted by atomic mass is 35.5. The monoisotopic (exact) mass is 424 g/mol. The second kappa shape index (κ2) is 9.26. The molecule has 1 aliphatic heterocycles. The van der Waals surface area contributed by atoms with Crippen molar-refractivity contribution >= 4 is 35.0 Å². The van der Waals surface area contributed by atoms with E-state index in [0.29, 0.717) is 41.7 Å². The second-order valence-corrected chi connectivity index (χ2v) is 7.35. The Morgan fingerprint density at radius 3 is 2.57 bits per heavy atom. The van der Waals surface area contributed by atoms with Gasteiger partial charge in [-0.1, -0.05) is 29.3 Å². The third-order valence-electron chi connectivity index (χ3n) is 4.51. The van der Waals surface area contributed by atoms with Crippen LogP contribution < -0.4 is 10.1 Å². The lowest BCUT2D eigenvalue weighted by molar-refractivity contribution is -0.134. The molecule has 148 valence electrons. The summed E-state index contributed by atoms with van der Waals surface area (Å²) in [5.74, 6) is -0.517. The summed E-state index contributed by atoms with van der Waals surface area (Å²) in [4.78, 5) is 26.2. The zero-order valence-electron chi connectivity index (χ0n) is 15.0. The number of rotatable bonds is 5. The van der Waals surface area contributed by atoms with Crippen LogP contribution in [0.15, 0.2) is 42.5 Å². The van der Waals surface area contributed by atoms with Gasteiger partial charge >= 0.3 is 0 Å². The van der Waals surface area contributed by atoms with Crippen molar-refractivity contribution < 1.29 is 18.7 Å². The summed E-state index contributed by atoms with van der Waals surface area (Å²) in [5.41, 5.74) is 0.284. The average Bonchev–Trinajstić information content (AvgIpc) is 2.67. The smallest absolute Gasteiger partial charge is 0.260 e. The van der Waals surface area contributed by atoms with E-state index in [-0.39, 0.29) is 30.0 Å². The number of benzene rings is 2. The van der Waals surface area contributed by atoms with Crippen LogP contribution in [0.3, 0.4) is 0 Å². The standard InChI is InChI=1S/C20H19Cl2FN2O3/c21-14-4-5-18(17(22)11-14)28-12-19(26)25-8-6-16(7-9-25)24-20(27)13-2-1-3-15(23)10-13/h1-5,10-11,16H,6-9,12H2,(H,24,27). The number of amides is 2. The number of hydrogen-bond acceptors (Lipinski definition) is 3. The molecule has 0 aromatic heterocycles. The van der Waals surface area contributed by atoms with Crippen molar-refractivity contribution in [2.24, 2.45) is 0 Å². The summed E-state index contributed by atoms with van der Waals surface area (Å²) < 4.78 is 18.7. The van der Waals surface area contributed by atoms with Crippen molar-refractivity contribution in [1.82, 2.24) is 10.2 Å². The minimum atomic E-state index is -0.450. The number of hydrogen-bond donors (Lipinski definition) is 1. The number of ether oxygens (including phenoxy) is 1. The van der Waals surface area contributed by atoms with Crippen molar-refractivity contribution in [3.05, 3.63) is 63.9 Å². The van der Waals surface area contributed by atoms with Crippen LogP contribution in [-0.2, 0) is 4.79 Å². The van der Waals surface area contributed by atoms with Crippen LogP contribution in [0.2, 0.25) is 10.0 Å². The molecule has 2 aromatic carbocycles. The molecule has 2 aromatic rings. The topological polar surface area (TPSA) is 58.6 Å². The fraction of sp³-hybridized carbons (Fsp3) is 0.300. The van der Waals surface area contributed by atoms with Gasteiger partial charge in [-0.3, -0.25) is 9.59 Å². The van der Waals surface area contributed by atoms with Gasteiger partial charge in [-0.15, -0.1) is 0 Å². The fourth-order valence-corrected chi connectivity index (χ4v) is 3.46. The van der Waals surface area contributed by atoms with E-state index in [2.05, 4.69) is 5.32 Å². The Balaban J connectivity index is 1.45. The van der Waals surface area contributed by atoms with Gasteiger partial charge in [0.05, 0.1) is 5.02 Å². The first kappa shape index (κ1) is 20.4. The quantitative estimate of drug-likeness (QED) is 0.790. The third-order valence-corrected chi connectivity index (χ3v) is 5.05. The molecule has 0 radical (unpaired) electrons. The zero-order valence-corrected chi connectivity index (χ0v) is 16.5. The molecule has 1 aliphatic rings. The molecule has 28 heavy (non-hydrogen) atoms. The van der Waals surface area contributed by atoms with Gasteiger partial charge in [0.1, 0.15) is 11.6 Å². The van der Waals surface area contributed by atoms with Crippen LogP contribution in [0.25, 0.3) is 0 Å². The molecule has 3 rings (SSSR count). The summed E-state index contributed by atoms with van der Waals surface area (Å²) in [6, 6.07) is 10.3. The normalized spacial score (nSPS) is 14.6. The number of nitrogens with one attached hydrogen (secondary N) is 1. The molecule has 0 aliphatic carbocycles. The molecule has 2 amide bonds. The van der Waals surface area contributed by atoms with Crippen molar-refractivity contribution in [2.75, 3.05) is 19.7 Å². The molecule has 0 spiro atoms. The van der Waals surface area contributed by atoms with E-state index in [4.69, 9.17) is 27.9 Å². The summed E-state index contributed by atoms with van der Waals surface area (Å²) in [7, 11) is 0. The van der Waals surface area contributed by atoms with Crippen LogP contribution in [0.4, 0.5) is 4.39 Å². The average molecular weight is 425 g/mol. The zero-order chi connectivity index (χ0) is 20.1. The lowest BCUT2D eigenvalue weighted by atomic mass is 10.0. The van der Waals surface area contributed by atoms with E-state index < -0.39 is 5.82 Å². The van der Waals surface area contributed by atoms with E-state index in [1.54, 1.807) is 29.2 Å². The molecule has 0 unspecified atom stereocenters. The Bertz CT molecular complexity index is 870. The largest absolute Gasteiger partial charge is 0.482 e. The van der Waals surface area contributed by atoms with Gasteiger partial charge in [0.25, 0.3) is 11.8 Å². The van der Waals surface area contributed by atoms with Gasteiger partial charge in [-0.05, 0) is 49.2 Å². The predicted molar refractivity (Wildman–Crippen MR) is 105 cm³/mol. The van der Waals surface area contributed by atoms with Gasteiger partial charge in [-0.25, -0.2) is 4.39 Å². The molecule has 5 nitrogen and oxygen atoms in total. The van der Waals surface area contributed by atoms with E-state index >= 15 is 0 Å². The first-order chi connectivity index (χ1) is 13.4. The molecule has 0 saturated carbocycles. The van der Waals surface area contributed by atoms with Gasteiger partial charge < -0.3 is 15.0 Å². The number of piperidine rings is 1. The van der Waals surface area contributed by atoms with Crippen LogP contribution >= 0.6 is 23.2 Å². The molecule has 8 heteroatoms. The minimum absolute atomic E-state index is 0.0635. The number of carbonyl (C=O) groups excluding carboxylic acids is 2. The maximum atomic E-state index is 13.2. The van der Waals surface area contributed by atoms with Crippen LogP contribution in [0, 0.1) is 5.82 Å². The molecule has 1 N–H and O–H groups in total. The predicted octanol–water partition coefficient (Wildman–Crippen LogP) is 3.93. The summed E-state index contributed by atoms with van der Waals surface area (Å²) in [6.07, 6.45) is 1.24. The Morgan fingerprint density at radius 1 is 1.14 bits per heavy atom. The first-order valence-electron chi connectivity index (χ1n) is 8.84. The van der Waals surface area contributed by atoms with Gasteiger partial charge in [0, 0.05) is 29.7 Å². The number of nitrogens with zero attached hydrogens (tertiary/aromatic N) is 1. The van der Waals surface area contributed by atoms with Crippen molar-refractivity contribution in [2.45, 2.75) is 18.9 Å². The number of halogens is 3. The van der Waals surface area contributed by atoms with Crippen LogP contribution in [0.5, 0.6) is 5.75 Å². The second-order valence-electron chi connectivity index (χ2n) is 6.50. The summed E-state index contributed by atoms with van der Waals surface area (Å²) >= 11 is 11.9. The van der Waals surface area contributed by atoms with Gasteiger partial charge in [0.15, 0.2) is 6.61 Å². The van der Waals surface area contributed by atoms with Crippen molar-refractivity contribution in [3.63, 3.8) is 0 Å². The molecule has 0 atom stereocenters. The molecule has 1 fully saturated rings. The van der Waals surface area contributed by atoms with Crippen molar-refractivity contribution in [3.8, 4) is 5.75 Å². The van der Waals surface area contributed by atoms with Crippen LogP contribution in [0.1, 0.15) is 23.2 Å². The van der Waals surface area contributed by atoms with E-state index in [0.717, 1.165) is 0 Å². The van der Waals surface area contributed by atoms with Crippen LogP contribution in [-0.4, -0.2) is 42.5 Å². The third kappa shape index (κ3) is 5.36. The summed E-state index contributed by atoms with van der Waals surface area (Å²) in [6.45, 7) is 0.886. The molecular weight excluding hydrogens is 406 g/mol. The fourth-order valence-electron chi connectivity index (χ4n) is 2.99. The van der Waals surface area contributed by atoms with E-state index in [1.807, 2.05) is 0 Å². The molecule has 1 saturated heterocycles. The van der Waals surface area contributed by atoms with Gasteiger partial charge in [-0.2, -0.15) is 0 Å². The molecule has 0 bridgehead atoms. The highest BCUT2D eigenvalue weighted by Crippen LogP contribution is 2.27. The first-order valence-corrected chi connectivity index (χ1v) is 9.60. The maximum Gasteiger partial charge on any atom is 0.260 e. The number of likely N-dealkylation sites (tertiary alicyclic amines) is 1. The Labute approximate surface area is 172 Å². The van der Waals surface area contributed by atoms with Crippen molar-refractivity contribution in [1.29, 1.82) is 0 Å². The Morgan fingerprint density at radius 2 is 1.89 bits per heavy atom. The number of carbonyl (C=O) groups is 2. The Hall–Kier alpha value is -2.31. The van der Waals surface area contributed by atoms with E-state index in [9.17, 15) is 14.0 Å². The summed E-state index contributed by atoms with van der Waals surface area (Å²) in [5, 5.41) is 3.73. The maximum absolute atomic E-state index is 13.2.